The summed E-state index contributed by atoms with van der Waals surface area (Å²) < 4.78 is 8.86. The van der Waals surface area contributed by atoms with Crippen molar-refractivity contribution in [1.29, 1.82) is 0 Å². The van der Waals surface area contributed by atoms with Crippen molar-refractivity contribution >= 4 is 0 Å². The molecule has 7 heteroatoms. The first-order chi connectivity index (χ1) is 11.0. The van der Waals surface area contributed by atoms with Gasteiger partial charge in [0.1, 0.15) is 12.4 Å². The van der Waals surface area contributed by atoms with E-state index in [-0.39, 0.29) is 5.69 Å². The van der Waals surface area contributed by atoms with Gasteiger partial charge < -0.3 is 4.42 Å². The molecule has 1 atom stereocenters. The molecule has 0 aliphatic rings. The molecule has 0 bridgehead atoms. The number of rotatable bonds is 4. The second kappa shape index (κ2) is 5.83. The Bertz CT molecular complexity index is 890. The molecule has 7 nitrogen and oxygen atoms in total. The van der Waals surface area contributed by atoms with Crippen LogP contribution < -0.4 is 5.69 Å². The molecule has 0 aliphatic heterocycles. The number of aryl methyl sites for hydroxylation is 3. The fraction of sp³-hybridized carbons (Fsp3) is 0.375. The molecule has 0 unspecified atom stereocenters. The van der Waals surface area contributed by atoms with E-state index in [4.69, 9.17) is 4.42 Å². The first kappa shape index (κ1) is 15.2. The Balaban J connectivity index is 2.12. The largest absolute Gasteiger partial charge is 0.423 e. The molecule has 0 saturated heterocycles. The first-order valence-corrected chi connectivity index (χ1v) is 7.57. The fourth-order valence-electron chi connectivity index (χ4n) is 2.49. The molecule has 0 N–H and O–H groups in total. The molecule has 2 aromatic heterocycles. The van der Waals surface area contributed by atoms with Crippen molar-refractivity contribution in [2.45, 2.75) is 40.2 Å². The Morgan fingerprint density at radius 3 is 2.74 bits per heavy atom. The molecule has 0 spiro atoms. The van der Waals surface area contributed by atoms with Gasteiger partial charge in [-0.05, 0) is 38.0 Å². The third-order valence-electron chi connectivity index (χ3n) is 3.83. The van der Waals surface area contributed by atoms with Gasteiger partial charge in [0.25, 0.3) is 0 Å². The van der Waals surface area contributed by atoms with Crippen molar-refractivity contribution in [2.24, 2.45) is 0 Å². The molecule has 2 heterocycles. The Morgan fingerprint density at radius 1 is 1.26 bits per heavy atom. The lowest BCUT2D eigenvalue weighted by Crippen LogP contribution is -2.27. The number of nitrogens with zero attached hydrogens (tertiary/aromatic N) is 5. The van der Waals surface area contributed by atoms with Crippen molar-refractivity contribution in [3.8, 4) is 5.69 Å². The summed E-state index contributed by atoms with van der Waals surface area (Å²) >= 11 is 0. The van der Waals surface area contributed by atoms with Gasteiger partial charge in [0, 0.05) is 6.42 Å². The quantitative estimate of drug-likeness (QED) is 0.738. The van der Waals surface area contributed by atoms with Crippen molar-refractivity contribution in [1.82, 2.24) is 24.5 Å². The Hall–Kier alpha value is -2.70. The van der Waals surface area contributed by atoms with E-state index in [0.29, 0.717) is 18.2 Å². The highest BCUT2D eigenvalue weighted by molar-refractivity contribution is 5.42. The predicted molar refractivity (Wildman–Crippen MR) is 84.8 cm³/mol. The highest BCUT2D eigenvalue weighted by atomic mass is 16.4. The molecule has 23 heavy (non-hydrogen) atoms. The van der Waals surface area contributed by atoms with Crippen LogP contribution >= 0.6 is 0 Å². The summed E-state index contributed by atoms with van der Waals surface area (Å²) in [7, 11) is 0. The van der Waals surface area contributed by atoms with Gasteiger partial charge in [0.05, 0.1) is 5.69 Å². The molecule has 0 aliphatic carbocycles. The van der Waals surface area contributed by atoms with Gasteiger partial charge in [-0.2, -0.15) is 4.98 Å². The molecule has 1 aromatic carbocycles. The van der Waals surface area contributed by atoms with E-state index in [9.17, 15) is 4.79 Å². The molecule has 0 fully saturated rings. The maximum absolute atomic E-state index is 12.2. The predicted octanol–water partition coefficient (Wildman–Crippen LogP) is 2.21. The molecule has 0 saturated carbocycles. The van der Waals surface area contributed by atoms with E-state index < -0.39 is 6.04 Å². The normalized spacial score (nSPS) is 12.5. The molecule has 0 amide bonds. The van der Waals surface area contributed by atoms with Crippen molar-refractivity contribution in [3.63, 3.8) is 0 Å². The fourth-order valence-corrected chi connectivity index (χ4v) is 2.49. The van der Waals surface area contributed by atoms with Crippen LogP contribution in [0.3, 0.4) is 0 Å². The Morgan fingerprint density at radius 2 is 2.04 bits per heavy atom. The molecule has 0 radical (unpaired) electrons. The Labute approximate surface area is 133 Å². The van der Waals surface area contributed by atoms with Crippen LogP contribution in [-0.2, 0) is 6.42 Å². The molecule has 3 aromatic rings. The zero-order valence-electron chi connectivity index (χ0n) is 13.6. The third kappa shape index (κ3) is 2.69. The molecule has 120 valence electrons. The van der Waals surface area contributed by atoms with Gasteiger partial charge in [-0.15, -0.1) is 10.2 Å². The second-order valence-corrected chi connectivity index (χ2v) is 5.57. The number of benzene rings is 1. The zero-order chi connectivity index (χ0) is 16.6. The van der Waals surface area contributed by atoms with Crippen molar-refractivity contribution in [3.05, 3.63) is 57.9 Å². The van der Waals surface area contributed by atoms with Gasteiger partial charge in [0.15, 0.2) is 0 Å². The van der Waals surface area contributed by atoms with E-state index in [1.807, 2.05) is 45.9 Å². The number of hydrogen-bond donors (Lipinski definition) is 0. The maximum Gasteiger partial charge on any atom is 0.364 e. The van der Waals surface area contributed by atoms with E-state index in [0.717, 1.165) is 16.8 Å². The van der Waals surface area contributed by atoms with Crippen LogP contribution in [0.15, 0.2) is 33.7 Å². The van der Waals surface area contributed by atoms with E-state index in [1.165, 1.54) is 11.0 Å². The van der Waals surface area contributed by atoms with Crippen LogP contribution in [0.1, 0.15) is 42.8 Å². The topological polar surface area (TPSA) is 78.7 Å². The summed E-state index contributed by atoms with van der Waals surface area (Å²) in [6.07, 6.45) is 2.18. The van der Waals surface area contributed by atoms with Crippen molar-refractivity contribution in [2.75, 3.05) is 0 Å². The minimum Gasteiger partial charge on any atom is -0.423 e. The highest BCUT2D eigenvalue weighted by Gasteiger charge is 2.21. The summed E-state index contributed by atoms with van der Waals surface area (Å²) in [4.78, 5) is 16.2. The maximum atomic E-state index is 12.2. The van der Waals surface area contributed by atoms with E-state index in [1.54, 1.807) is 4.68 Å². The lowest BCUT2D eigenvalue weighted by molar-refractivity contribution is 0.370. The number of hydrogen-bond acceptors (Lipinski definition) is 5. The van der Waals surface area contributed by atoms with Gasteiger partial charge >= 0.3 is 5.69 Å². The molecular weight excluding hydrogens is 294 g/mol. The van der Waals surface area contributed by atoms with Gasteiger partial charge in [-0.25, -0.2) is 14.2 Å². The summed E-state index contributed by atoms with van der Waals surface area (Å²) in [6.45, 7) is 7.79. The molecular formula is C16H19N5O2. The van der Waals surface area contributed by atoms with Gasteiger partial charge in [0.2, 0.25) is 11.8 Å². The lowest BCUT2D eigenvalue weighted by atomic mass is 10.1. The van der Waals surface area contributed by atoms with Crippen LogP contribution in [0.5, 0.6) is 0 Å². The van der Waals surface area contributed by atoms with Gasteiger partial charge in [-0.3, -0.25) is 0 Å². The summed E-state index contributed by atoms with van der Waals surface area (Å²) in [5.41, 5.74) is 2.71. The zero-order valence-corrected chi connectivity index (χ0v) is 13.6. The van der Waals surface area contributed by atoms with Crippen LogP contribution in [0.2, 0.25) is 0 Å². The summed E-state index contributed by atoms with van der Waals surface area (Å²) in [5.74, 6) is 0.953. The van der Waals surface area contributed by atoms with Gasteiger partial charge in [-0.1, -0.05) is 19.1 Å². The Kier molecular flexibility index (Phi) is 3.85. The third-order valence-corrected chi connectivity index (χ3v) is 3.83. The van der Waals surface area contributed by atoms with E-state index in [2.05, 4.69) is 15.2 Å². The second-order valence-electron chi connectivity index (χ2n) is 5.57. The molecule has 3 rings (SSSR count). The van der Waals surface area contributed by atoms with Crippen LogP contribution in [0, 0.1) is 13.8 Å². The highest BCUT2D eigenvalue weighted by Crippen LogP contribution is 2.20. The average Bonchev–Trinajstić information content (AvgIpc) is 3.15. The number of aromatic nitrogens is 5. The van der Waals surface area contributed by atoms with Crippen LogP contribution in [0.25, 0.3) is 5.69 Å². The smallest absolute Gasteiger partial charge is 0.364 e. The first-order valence-electron chi connectivity index (χ1n) is 7.57. The minimum atomic E-state index is -0.405. The van der Waals surface area contributed by atoms with Crippen LogP contribution in [-0.4, -0.2) is 24.5 Å². The van der Waals surface area contributed by atoms with Crippen molar-refractivity contribution < 1.29 is 4.42 Å². The average molecular weight is 313 g/mol. The summed E-state index contributed by atoms with van der Waals surface area (Å²) in [6, 6.07) is 5.67. The standard InChI is InChI=1S/C16H19N5O2/c1-5-14-18-19-15(23-14)12(4)21-16(22)17-9-20(21)13-8-10(2)6-7-11(13)3/h6-9,12H,5H2,1-4H3/t12-/m0/s1. The SMILES string of the molecule is CCc1nnc([C@H](C)n2c(=O)ncn2-c2cc(C)ccc2C)o1. The lowest BCUT2D eigenvalue weighted by Gasteiger charge is -2.16. The monoisotopic (exact) mass is 313 g/mol. The minimum absolute atomic E-state index is 0.352. The van der Waals surface area contributed by atoms with E-state index >= 15 is 0 Å². The van der Waals surface area contributed by atoms with Crippen LogP contribution in [0.4, 0.5) is 0 Å². The summed E-state index contributed by atoms with van der Waals surface area (Å²) in [5, 5.41) is 8.01.